The summed E-state index contributed by atoms with van der Waals surface area (Å²) in [4.78, 5) is 10.5. The summed E-state index contributed by atoms with van der Waals surface area (Å²) in [5.74, 6) is 0. The van der Waals surface area contributed by atoms with Crippen LogP contribution in [0.1, 0.15) is 31.4 Å². The van der Waals surface area contributed by atoms with E-state index in [9.17, 15) is 15.2 Å². The summed E-state index contributed by atoms with van der Waals surface area (Å²) in [7, 11) is 0. The van der Waals surface area contributed by atoms with Gasteiger partial charge in [0, 0.05) is 23.7 Å². The standard InChI is InChI=1S/C13H20N2O3/c1-4-13(3,9-16)14-8-11-6-5-7-12(10(11)2)15(17)18/h5-7,14,16H,4,8-9H2,1-3H3. The summed E-state index contributed by atoms with van der Waals surface area (Å²) in [5, 5.41) is 23.4. The highest BCUT2D eigenvalue weighted by atomic mass is 16.6. The molecule has 0 saturated carbocycles. The average Bonchev–Trinajstić information content (AvgIpc) is 2.37. The number of nitro groups is 1. The molecule has 0 bridgehead atoms. The summed E-state index contributed by atoms with van der Waals surface area (Å²) in [6, 6.07) is 5.05. The first-order chi connectivity index (χ1) is 8.43. The number of nitro benzene ring substituents is 1. The Hall–Kier alpha value is -1.46. The van der Waals surface area contributed by atoms with Crippen LogP contribution >= 0.6 is 0 Å². The summed E-state index contributed by atoms with van der Waals surface area (Å²) < 4.78 is 0. The number of hydrogen-bond acceptors (Lipinski definition) is 4. The lowest BCUT2D eigenvalue weighted by molar-refractivity contribution is -0.385. The average molecular weight is 252 g/mol. The normalized spacial score (nSPS) is 14.2. The van der Waals surface area contributed by atoms with E-state index in [1.54, 1.807) is 13.0 Å². The topological polar surface area (TPSA) is 75.4 Å². The number of hydrogen-bond donors (Lipinski definition) is 2. The Labute approximate surface area is 107 Å². The van der Waals surface area contributed by atoms with Crippen molar-refractivity contribution in [1.82, 2.24) is 5.32 Å². The van der Waals surface area contributed by atoms with Crippen LogP contribution in [0, 0.1) is 17.0 Å². The van der Waals surface area contributed by atoms with E-state index < -0.39 is 0 Å². The van der Waals surface area contributed by atoms with Gasteiger partial charge in [-0.3, -0.25) is 10.1 Å². The molecule has 100 valence electrons. The van der Waals surface area contributed by atoms with Crippen molar-refractivity contribution >= 4 is 5.69 Å². The van der Waals surface area contributed by atoms with Gasteiger partial charge in [-0.15, -0.1) is 0 Å². The van der Waals surface area contributed by atoms with Crippen LogP contribution < -0.4 is 5.32 Å². The molecule has 0 radical (unpaired) electrons. The largest absolute Gasteiger partial charge is 0.394 e. The van der Waals surface area contributed by atoms with Crippen LogP contribution in [0.15, 0.2) is 18.2 Å². The van der Waals surface area contributed by atoms with E-state index in [1.807, 2.05) is 19.9 Å². The van der Waals surface area contributed by atoms with Gasteiger partial charge < -0.3 is 10.4 Å². The second-order valence-electron chi connectivity index (χ2n) is 4.74. The third-order valence-electron chi connectivity index (χ3n) is 3.45. The van der Waals surface area contributed by atoms with E-state index >= 15 is 0 Å². The zero-order chi connectivity index (χ0) is 13.8. The minimum absolute atomic E-state index is 0.0392. The van der Waals surface area contributed by atoms with E-state index in [2.05, 4.69) is 5.32 Å². The summed E-state index contributed by atoms with van der Waals surface area (Å²) in [5.41, 5.74) is 1.34. The molecule has 1 rings (SSSR count). The number of rotatable bonds is 6. The maximum atomic E-state index is 10.8. The van der Waals surface area contributed by atoms with Gasteiger partial charge in [-0.05, 0) is 25.8 Å². The molecule has 0 aliphatic carbocycles. The quantitative estimate of drug-likeness (QED) is 0.601. The Morgan fingerprint density at radius 3 is 2.67 bits per heavy atom. The summed E-state index contributed by atoms with van der Waals surface area (Å²) in [6.45, 7) is 6.22. The zero-order valence-corrected chi connectivity index (χ0v) is 11.1. The van der Waals surface area contributed by atoms with Crippen molar-refractivity contribution in [3.8, 4) is 0 Å². The summed E-state index contributed by atoms with van der Waals surface area (Å²) in [6.07, 6.45) is 0.789. The minimum atomic E-state index is -0.371. The molecule has 1 aromatic rings. The van der Waals surface area contributed by atoms with Gasteiger partial charge >= 0.3 is 0 Å². The van der Waals surface area contributed by atoms with Crippen molar-refractivity contribution in [1.29, 1.82) is 0 Å². The molecule has 1 unspecified atom stereocenters. The van der Waals surface area contributed by atoms with Crippen molar-refractivity contribution in [3.63, 3.8) is 0 Å². The van der Waals surface area contributed by atoms with E-state index in [0.29, 0.717) is 12.1 Å². The van der Waals surface area contributed by atoms with Gasteiger partial charge in [-0.1, -0.05) is 19.1 Å². The SMILES string of the molecule is CCC(C)(CO)NCc1cccc([N+](=O)[O-])c1C. The van der Waals surface area contributed by atoms with Crippen LogP contribution in [0.4, 0.5) is 5.69 Å². The fourth-order valence-electron chi connectivity index (χ4n) is 1.66. The molecule has 2 N–H and O–H groups in total. The monoisotopic (exact) mass is 252 g/mol. The number of benzene rings is 1. The molecule has 18 heavy (non-hydrogen) atoms. The lowest BCUT2D eigenvalue weighted by Crippen LogP contribution is -2.44. The third kappa shape index (κ3) is 3.27. The molecule has 0 fully saturated rings. The smallest absolute Gasteiger partial charge is 0.272 e. The number of nitrogens with zero attached hydrogens (tertiary/aromatic N) is 1. The van der Waals surface area contributed by atoms with Gasteiger partial charge in [0.25, 0.3) is 5.69 Å². The highest BCUT2D eigenvalue weighted by molar-refractivity contribution is 5.44. The summed E-state index contributed by atoms with van der Waals surface area (Å²) >= 11 is 0. The van der Waals surface area contributed by atoms with Crippen LogP contribution in [0.3, 0.4) is 0 Å². The number of aliphatic hydroxyl groups excluding tert-OH is 1. The Bertz CT molecular complexity index is 428. The van der Waals surface area contributed by atoms with Crippen molar-refractivity contribution in [3.05, 3.63) is 39.4 Å². The predicted octanol–water partition coefficient (Wildman–Crippen LogP) is 2.15. The van der Waals surface area contributed by atoms with Crippen molar-refractivity contribution < 1.29 is 10.0 Å². The maximum Gasteiger partial charge on any atom is 0.272 e. The van der Waals surface area contributed by atoms with Crippen LogP contribution in [0.5, 0.6) is 0 Å². The predicted molar refractivity (Wildman–Crippen MR) is 70.5 cm³/mol. The second-order valence-corrected chi connectivity index (χ2v) is 4.74. The third-order valence-corrected chi connectivity index (χ3v) is 3.45. The molecule has 5 heteroatoms. The fourth-order valence-corrected chi connectivity index (χ4v) is 1.66. The first-order valence-corrected chi connectivity index (χ1v) is 6.02. The fraction of sp³-hybridized carbons (Fsp3) is 0.538. The Balaban J connectivity index is 2.86. The first kappa shape index (κ1) is 14.6. The molecule has 0 aliphatic heterocycles. The molecular formula is C13H20N2O3. The van der Waals surface area contributed by atoms with Gasteiger partial charge in [0.05, 0.1) is 11.5 Å². The van der Waals surface area contributed by atoms with Gasteiger partial charge in [0.2, 0.25) is 0 Å². The van der Waals surface area contributed by atoms with Gasteiger partial charge in [0.15, 0.2) is 0 Å². The van der Waals surface area contributed by atoms with Gasteiger partial charge in [0.1, 0.15) is 0 Å². The highest BCUT2D eigenvalue weighted by Gasteiger charge is 2.21. The lowest BCUT2D eigenvalue weighted by Gasteiger charge is -2.27. The molecule has 5 nitrogen and oxygen atoms in total. The lowest BCUT2D eigenvalue weighted by atomic mass is 9.99. The molecule has 1 atom stereocenters. The minimum Gasteiger partial charge on any atom is -0.394 e. The van der Waals surface area contributed by atoms with Crippen LogP contribution in [-0.2, 0) is 6.54 Å². The van der Waals surface area contributed by atoms with Gasteiger partial charge in [-0.2, -0.15) is 0 Å². The molecule has 0 spiro atoms. The Morgan fingerprint density at radius 1 is 1.50 bits per heavy atom. The molecule has 0 heterocycles. The Morgan fingerprint density at radius 2 is 2.17 bits per heavy atom. The molecule has 0 aromatic heterocycles. The molecule has 0 aliphatic rings. The van der Waals surface area contributed by atoms with Crippen LogP contribution in [0.2, 0.25) is 0 Å². The molecule has 0 saturated heterocycles. The molecule has 0 amide bonds. The van der Waals surface area contributed by atoms with Crippen molar-refractivity contribution in [2.24, 2.45) is 0 Å². The highest BCUT2D eigenvalue weighted by Crippen LogP contribution is 2.21. The number of nitrogens with one attached hydrogen (secondary N) is 1. The Kier molecular flexibility index (Phi) is 4.81. The number of aliphatic hydroxyl groups is 1. The van der Waals surface area contributed by atoms with Crippen LogP contribution in [0.25, 0.3) is 0 Å². The zero-order valence-electron chi connectivity index (χ0n) is 11.1. The van der Waals surface area contributed by atoms with Crippen LogP contribution in [-0.4, -0.2) is 22.2 Å². The van der Waals surface area contributed by atoms with Crippen molar-refractivity contribution in [2.75, 3.05) is 6.61 Å². The molecular weight excluding hydrogens is 232 g/mol. The van der Waals surface area contributed by atoms with Gasteiger partial charge in [-0.25, -0.2) is 0 Å². The van der Waals surface area contributed by atoms with E-state index in [-0.39, 0.29) is 22.8 Å². The van der Waals surface area contributed by atoms with E-state index in [4.69, 9.17) is 0 Å². The van der Waals surface area contributed by atoms with Crippen molar-refractivity contribution in [2.45, 2.75) is 39.3 Å². The molecule has 1 aromatic carbocycles. The van der Waals surface area contributed by atoms with E-state index in [1.165, 1.54) is 6.07 Å². The first-order valence-electron chi connectivity index (χ1n) is 6.02. The van der Waals surface area contributed by atoms with E-state index in [0.717, 1.165) is 12.0 Å². The maximum absolute atomic E-state index is 10.8. The second kappa shape index (κ2) is 5.93.